The Morgan fingerprint density at radius 3 is 1.74 bits per heavy atom. The fraction of sp³-hybridized carbons (Fsp3) is 0.0833. The molecule has 0 atom stereocenters. The predicted molar refractivity (Wildman–Crippen MR) is 124 cm³/mol. The molecule has 0 saturated heterocycles. The van der Waals surface area contributed by atoms with E-state index in [1.807, 2.05) is 22.7 Å². The molecule has 0 aliphatic rings. The molecular weight excluding hydrogens is 432 g/mol. The van der Waals surface area contributed by atoms with E-state index in [2.05, 4.69) is 99.5 Å². The molecule has 0 aliphatic carbocycles. The number of fused-ring (bicyclic) bond motifs is 2. The minimum Gasteiger partial charge on any atom is -0.143 e. The summed E-state index contributed by atoms with van der Waals surface area (Å²) < 4.78 is 2.71. The maximum Gasteiger partial charge on any atom is 0.0371 e. The lowest BCUT2D eigenvalue weighted by atomic mass is 9.83. The van der Waals surface area contributed by atoms with Crippen molar-refractivity contribution < 1.29 is 0 Å². The van der Waals surface area contributed by atoms with Crippen LogP contribution in [0, 0.1) is 0 Å². The molecule has 27 heavy (non-hydrogen) atoms. The number of benzene rings is 3. The van der Waals surface area contributed by atoms with Gasteiger partial charge in [0, 0.05) is 20.6 Å². The van der Waals surface area contributed by atoms with E-state index < -0.39 is 0 Å². The first-order chi connectivity index (χ1) is 13.4. The number of thiophene rings is 2. The Kier molecular flexibility index (Phi) is 4.60. The highest BCUT2D eigenvalue weighted by molar-refractivity contribution is 9.08. The van der Waals surface area contributed by atoms with Crippen LogP contribution in [-0.2, 0) is 5.33 Å². The van der Waals surface area contributed by atoms with Crippen LogP contribution < -0.4 is 0 Å². The molecule has 0 saturated carbocycles. The molecule has 0 radical (unpaired) electrons. The summed E-state index contributed by atoms with van der Waals surface area (Å²) >= 11 is 7.40. The average molecular weight is 449 g/mol. The number of hydrogen-bond donors (Lipinski definition) is 0. The van der Waals surface area contributed by atoms with Gasteiger partial charge in [-0.1, -0.05) is 76.6 Å². The van der Waals surface area contributed by atoms with Crippen LogP contribution in [0.4, 0.5) is 0 Å². The predicted octanol–water partition coefficient (Wildman–Crippen LogP) is 8.19. The molecule has 0 spiro atoms. The van der Waals surface area contributed by atoms with Gasteiger partial charge in [0.2, 0.25) is 0 Å². The van der Waals surface area contributed by atoms with Crippen LogP contribution in [-0.4, -0.2) is 0 Å². The van der Waals surface area contributed by atoms with Crippen molar-refractivity contribution in [3.63, 3.8) is 0 Å². The molecule has 3 heteroatoms. The van der Waals surface area contributed by atoms with Gasteiger partial charge in [0.25, 0.3) is 0 Å². The molecule has 2 heterocycles. The van der Waals surface area contributed by atoms with Crippen molar-refractivity contribution in [3.8, 4) is 0 Å². The van der Waals surface area contributed by atoms with E-state index in [1.165, 1.54) is 42.4 Å². The normalized spacial score (nSPS) is 11.6. The monoisotopic (exact) mass is 448 g/mol. The average Bonchev–Trinajstić information content (AvgIpc) is 3.34. The Hall–Kier alpha value is -1.94. The van der Waals surface area contributed by atoms with Crippen LogP contribution in [0.3, 0.4) is 0 Å². The third kappa shape index (κ3) is 2.94. The van der Waals surface area contributed by atoms with Crippen LogP contribution in [0.5, 0.6) is 0 Å². The largest absolute Gasteiger partial charge is 0.143 e. The van der Waals surface area contributed by atoms with Gasteiger partial charge in [-0.15, -0.1) is 22.7 Å². The van der Waals surface area contributed by atoms with Gasteiger partial charge in [0.05, 0.1) is 0 Å². The minimum absolute atomic E-state index is 0.242. The Morgan fingerprint density at radius 2 is 1.15 bits per heavy atom. The molecule has 0 nitrogen and oxygen atoms in total. The Labute approximate surface area is 175 Å². The zero-order valence-corrected chi connectivity index (χ0v) is 17.8. The first-order valence-corrected chi connectivity index (χ1v) is 11.8. The van der Waals surface area contributed by atoms with Crippen molar-refractivity contribution >= 4 is 58.8 Å². The van der Waals surface area contributed by atoms with Gasteiger partial charge in [-0.2, -0.15) is 0 Å². The molecule has 0 fully saturated rings. The molecular formula is C24H17BrS2. The maximum absolute atomic E-state index is 3.71. The summed E-state index contributed by atoms with van der Waals surface area (Å²) in [5.41, 5.74) is 5.56. The molecule has 0 amide bonds. The third-order valence-corrected chi connectivity index (χ3v) is 7.72. The molecule has 0 aliphatic heterocycles. The van der Waals surface area contributed by atoms with Gasteiger partial charge in [0.1, 0.15) is 0 Å². The fourth-order valence-corrected chi connectivity index (χ4v) is 6.37. The van der Waals surface area contributed by atoms with Crippen molar-refractivity contribution in [2.75, 3.05) is 0 Å². The van der Waals surface area contributed by atoms with Crippen LogP contribution in [0.1, 0.15) is 28.2 Å². The van der Waals surface area contributed by atoms with Crippen molar-refractivity contribution in [1.29, 1.82) is 0 Å². The van der Waals surface area contributed by atoms with Crippen molar-refractivity contribution in [3.05, 3.63) is 106 Å². The molecule has 0 bridgehead atoms. The topological polar surface area (TPSA) is 0 Å². The standard InChI is InChI=1S/C24H17BrS2/c25-13-16-7-1-2-8-17(16)24(20-14-26-22-11-5-3-9-18(20)22)21-15-27-23-12-6-4-10-19(21)23/h1-12,14-15,24H,13H2. The fourth-order valence-electron chi connectivity index (χ4n) is 3.88. The molecule has 3 aromatic carbocycles. The van der Waals surface area contributed by atoms with Gasteiger partial charge in [0.15, 0.2) is 0 Å². The Morgan fingerprint density at radius 1 is 0.630 bits per heavy atom. The van der Waals surface area contributed by atoms with Gasteiger partial charge >= 0.3 is 0 Å². The lowest BCUT2D eigenvalue weighted by Crippen LogP contribution is -2.05. The number of alkyl halides is 1. The smallest absolute Gasteiger partial charge is 0.0371 e. The second kappa shape index (κ2) is 7.23. The highest BCUT2D eigenvalue weighted by Crippen LogP contribution is 2.44. The highest BCUT2D eigenvalue weighted by Gasteiger charge is 2.24. The van der Waals surface area contributed by atoms with Gasteiger partial charge < -0.3 is 0 Å². The Bertz CT molecular complexity index is 1160. The lowest BCUT2D eigenvalue weighted by Gasteiger charge is -2.20. The van der Waals surface area contributed by atoms with Gasteiger partial charge in [-0.25, -0.2) is 0 Å². The van der Waals surface area contributed by atoms with E-state index in [4.69, 9.17) is 0 Å². The van der Waals surface area contributed by atoms with Crippen molar-refractivity contribution in [2.45, 2.75) is 11.2 Å². The van der Waals surface area contributed by atoms with E-state index in [0.717, 1.165) is 5.33 Å². The van der Waals surface area contributed by atoms with E-state index in [9.17, 15) is 0 Å². The lowest BCUT2D eigenvalue weighted by molar-refractivity contribution is 0.993. The second-order valence-corrected chi connectivity index (χ2v) is 9.02. The summed E-state index contributed by atoms with van der Waals surface area (Å²) in [5, 5.41) is 8.31. The van der Waals surface area contributed by atoms with Gasteiger partial charge in [-0.05, 0) is 55.9 Å². The second-order valence-electron chi connectivity index (χ2n) is 6.64. The molecule has 5 rings (SSSR count). The van der Waals surface area contributed by atoms with Crippen LogP contribution >= 0.6 is 38.6 Å². The van der Waals surface area contributed by atoms with Crippen LogP contribution in [0.25, 0.3) is 20.2 Å². The van der Waals surface area contributed by atoms with E-state index >= 15 is 0 Å². The summed E-state index contributed by atoms with van der Waals surface area (Å²) in [6.07, 6.45) is 0. The summed E-state index contributed by atoms with van der Waals surface area (Å²) in [6.45, 7) is 0. The molecule has 0 N–H and O–H groups in total. The highest BCUT2D eigenvalue weighted by atomic mass is 79.9. The van der Waals surface area contributed by atoms with E-state index in [0.29, 0.717) is 0 Å². The van der Waals surface area contributed by atoms with Crippen molar-refractivity contribution in [2.24, 2.45) is 0 Å². The summed E-state index contributed by atoms with van der Waals surface area (Å²) in [4.78, 5) is 0. The quantitative estimate of drug-likeness (QED) is 0.243. The summed E-state index contributed by atoms with van der Waals surface area (Å²) in [5.74, 6) is 0.242. The summed E-state index contributed by atoms with van der Waals surface area (Å²) in [7, 11) is 0. The van der Waals surface area contributed by atoms with Crippen LogP contribution in [0.15, 0.2) is 83.6 Å². The third-order valence-electron chi connectivity index (χ3n) is 5.15. The molecule has 2 aromatic heterocycles. The molecule has 132 valence electrons. The molecule has 0 unspecified atom stereocenters. The van der Waals surface area contributed by atoms with E-state index in [-0.39, 0.29) is 5.92 Å². The number of rotatable bonds is 4. The van der Waals surface area contributed by atoms with Crippen LogP contribution in [0.2, 0.25) is 0 Å². The maximum atomic E-state index is 3.71. The van der Waals surface area contributed by atoms with Crippen molar-refractivity contribution in [1.82, 2.24) is 0 Å². The minimum atomic E-state index is 0.242. The zero-order valence-electron chi connectivity index (χ0n) is 14.6. The SMILES string of the molecule is BrCc1ccccc1C(c1csc2ccccc12)c1csc2ccccc12. The number of halogens is 1. The first-order valence-electron chi connectivity index (χ1n) is 8.93. The van der Waals surface area contributed by atoms with Gasteiger partial charge in [-0.3, -0.25) is 0 Å². The zero-order chi connectivity index (χ0) is 18.2. The Balaban J connectivity index is 1.83. The molecule has 5 aromatic rings. The summed E-state index contributed by atoms with van der Waals surface area (Å²) in [6, 6.07) is 26.4. The first kappa shape index (κ1) is 17.2. The number of hydrogen-bond acceptors (Lipinski definition) is 2. The van der Waals surface area contributed by atoms with E-state index in [1.54, 1.807) is 0 Å².